The van der Waals surface area contributed by atoms with Crippen molar-refractivity contribution in [2.24, 2.45) is 0 Å². The molecule has 1 aromatic heterocycles. The zero-order valence-corrected chi connectivity index (χ0v) is 28.0. The third kappa shape index (κ3) is 6.32. The zero-order chi connectivity index (χ0) is 33.6. The first-order chi connectivity index (χ1) is 22.3. The molecule has 1 saturated heterocycles. The largest absolute Gasteiger partial charge is 0.494 e. The van der Waals surface area contributed by atoms with Crippen molar-refractivity contribution in [3.05, 3.63) is 89.6 Å². The number of ether oxygens (including phenoxy) is 2. The minimum Gasteiger partial charge on any atom is -0.465 e. The average Bonchev–Trinajstić information content (AvgIpc) is 3.74. The molecule has 1 aliphatic carbocycles. The number of aromatic nitrogens is 1. The number of aryl methyl sites for hydroxylation is 1. The van der Waals surface area contributed by atoms with Crippen LogP contribution in [0.3, 0.4) is 0 Å². The van der Waals surface area contributed by atoms with Gasteiger partial charge in [0.2, 0.25) is 0 Å². The first-order valence-electron chi connectivity index (χ1n) is 16.1. The lowest BCUT2D eigenvalue weighted by molar-refractivity contribution is -0.146. The second kappa shape index (κ2) is 12.3. The molecule has 244 valence electrons. The summed E-state index contributed by atoms with van der Waals surface area (Å²) in [6.45, 7) is 13.8. The van der Waals surface area contributed by atoms with Gasteiger partial charge in [-0.25, -0.2) is 4.79 Å². The topological polar surface area (TPSA) is 109 Å². The first kappa shape index (κ1) is 32.5. The van der Waals surface area contributed by atoms with Crippen molar-refractivity contribution in [1.82, 2.24) is 5.16 Å². The van der Waals surface area contributed by atoms with Crippen molar-refractivity contribution in [3.8, 4) is 22.5 Å². The van der Waals surface area contributed by atoms with Gasteiger partial charge >= 0.3 is 19.2 Å². The number of esters is 1. The predicted octanol–water partition coefficient (Wildman–Crippen LogP) is 7.52. The van der Waals surface area contributed by atoms with E-state index in [-0.39, 0.29) is 5.97 Å². The maximum atomic E-state index is 13.1. The molecule has 1 N–H and O–H groups in total. The van der Waals surface area contributed by atoms with Crippen molar-refractivity contribution in [1.29, 1.82) is 0 Å². The first-order valence-corrected chi connectivity index (χ1v) is 16.1. The third-order valence-electron chi connectivity index (χ3n) is 9.61. The summed E-state index contributed by atoms with van der Waals surface area (Å²) in [5, 5.41) is 6.93. The van der Waals surface area contributed by atoms with Gasteiger partial charge in [-0.05, 0) is 89.0 Å². The molecule has 47 heavy (non-hydrogen) atoms. The van der Waals surface area contributed by atoms with Gasteiger partial charge in [-0.1, -0.05) is 78.0 Å². The van der Waals surface area contributed by atoms with E-state index >= 15 is 0 Å². The van der Waals surface area contributed by atoms with E-state index in [1.54, 1.807) is 6.92 Å². The Morgan fingerprint density at radius 3 is 2.11 bits per heavy atom. The Hall–Kier alpha value is -4.41. The molecule has 6 rings (SSSR count). The Morgan fingerprint density at radius 2 is 1.51 bits per heavy atom. The molecule has 2 fully saturated rings. The van der Waals surface area contributed by atoms with E-state index in [4.69, 9.17) is 23.3 Å². The van der Waals surface area contributed by atoms with Crippen LogP contribution in [-0.2, 0) is 29.0 Å². The van der Waals surface area contributed by atoms with Gasteiger partial charge in [-0.3, -0.25) is 10.1 Å². The van der Waals surface area contributed by atoms with Gasteiger partial charge < -0.3 is 23.3 Å². The summed E-state index contributed by atoms with van der Waals surface area (Å²) in [7, 11) is -0.514. The van der Waals surface area contributed by atoms with Crippen LogP contribution < -0.4 is 10.8 Å². The predicted molar refractivity (Wildman–Crippen MR) is 180 cm³/mol. The van der Waals surface area contributed by atoms with E-state index in [1.807, 2.05) is 114 Å². The van der Waals surface area contributed by atoms with Crippen LogP contribution in [0, 0.1) is 6.92 Å². The van der Waals surface area contributed by atoms with Crippen molar-refractivity contribution >= 4 is 30.3 Å². The lowest BCUT2D eigenvalue weighted by Gasteiger charge is -2.32. The standard InChI is InChI=1S/C37H41BN2O7/c1-8-43-33(41)37(20-21-37)29-18-16-26(17-19-29)25-12-14-27(15-13-25)32-31(23(2)40-45-32)39-34(42)44-24(3)28-10-9-11-30(22-28)38-46-35(4,5)36(6,7)47-38/h9-19,22,24H,8,20-21H2,1-7H3,(H,39,42)/t24-/m1/s1. The number of nitrogens with one attached hydrogen (secondary N) is 1. The molecule has 1 amide bonds. The van der Waals surface area contributed by atoms with Gasteiger partial charge in [0.1, 0.15) is 17.5 Å². The second-order valence-electron chi connectivity index (χ2n) is 13.4. The van der Waals surface area contributed by atoms with Gasteiger partial charge in [-0.15, -0.1) is 0 Å². The summed E-state index contributed by atoms with van der Waals surface area (Å²) in [5.74, 6) is 0.288. The lowest BCUT2D eigenvalue weighted by Crippen LogP contribution is -2.41. The van der Waals surface area contributed by atoms with E-state index in [2.05, 4.69) is 10.5 Å². The fourth-order valence-corrected chi connectivity index (χ4v) is 5.81. The van der Waals surface area contributed by atoms with Gasteiger partial charge in [0.25, 0.3) is 0 Å². The molecule has 0 spiro atoms. The Bertz CT molecular complexity index is 1760. The van der Waals surface area contributed by atoms with Gasteiger partial charge in [0.05, 0.1) is 23.2 Å². The van der Waals surface area contributed by atoms with E-state index in [0.717, 1.165) is 46.1 Å². The van der Waals surface area contributed by atoms with Crippen LogP contribution in [0.5, 0.6) is 0 Å². The van der Waals surface area contributed by atoms with Crippen LogP contribution >= 0.6 is 0 Å². The maximum Gasteiger partial charge on any atom is 0.494 e. The Labute approximate surface area is 276 Å². The second-order valence-corrected chi connectivity index (χ2v) is 13.4. The number of benzene rings is 3. The third-order valence-corrected chi connectivity index (χ3v) is 9.61. The number of carbonyl (C=O) groups is 2. The molecule has 2 heterocycles. The molecule has 0 radical (unpaired) electrons. The zero-order valence-electron chi connectivity index (χ0n) is 28.0. The van der Waals surface area contributed by atoms with E-state index in [9.17, 15) is 9.59 Å². The van der Waals surface area contributed by atoms with Crippen molar-refractivity contribution in [2.75, 3.05) is 11.9 Å². The van der Waals surface area contributed by atoms with Crippen molar-refractivity contribution in [2.45, 2.75) is 84.0 Å². The van der Waals surface area contributed by atoms with Crippen LogP contribution in [0.4, 0.5) is 10.5 Å². The summed E-state index contributed by atoms with van der Waals surface area (Å²) in [6, 6.07) is 23.6. The number of nitrogens with zero attached hydrogens (tertiary/aromatic N) is 1. The number of hydrogen-bond donors (Lipinski definition) is 1. The fraction of sp³-hybridized carbons (Fsp3) is 0.378. The molecule has 1 atom stereocenters. The molecule has 2 aliphatic rings. The van der Waals surface area contributed by atoms with E-state index in [1.165, 1.54) is 0 Å². The van der Waals surface area contributed by atoms with E-state index in [0.29, 0.717) is 23.7 Å². The summed E-state index contributed by atoms with van der Waals surface area (Å²) in [5.41, 5.74) is 5.00. The maximum absolute atomic E-state index is 13.1. The molecule has 0 unspecified atom stereocenters. The SMILES string of the molecule is CCOC(=O)C1(c2ccc(-c3ccc(-c4onc(C)c4NC(=O)O[C@H](C)c4cccc(B5OC(C)(C)C(C)(C)O5)c4)cc3)cc2)CC1. The van der Waals surface area contributed by atoms with Crippen LogP contribution in [0.2, 0.25) is 0 Å². The molecular formula is C37H41BN2O7. The van der Waals surface area contributed by atoms with Crippen molar-refractivity contribution < 1.29 is 32.9 Å². The van der Waals surface area contributed by atoms with Crippen LogP contribution in [0.25, 0.3) is 22.5 Å². The molecule has 1 saturated carbocycles. The molecule has 4 aromatic rings. The summed E-state index contributed by atoms with van der Waals surface area (Å²) in [4.78, 5) is 25.6. The fourth-order valence-electron chi connectivity index (χ4n) is 5.81. The van der Waals surface area contributed by atoms with Gasteiger partial charge in [-0.2, -0.15) is 0 Å². The number of rotatable bonds is 9. The van der Waals surface area contributed by atoms with Gasteiger partial charge in [0, 0.05) is 5.56 Å². The number of amides is 1. The Morgan fingerprint density at radius 1 is 0.915 bits per heavy atom. The quantitative estimate of drug-likeness (QED) is 0.148. The van der Waals surface area contributed by atoms with Crippen LogP contribution in [-0.4, -0.2) is 42.1 Å². The highest BCUT2D eigenvalue weighted by atomic mass is 16.7. The van der Waals surface area contributed by atoms with Crippen LogP contribution in [0.15, 0.2) is 77.3 Å². The molecule has 1 aliphatic heterocycles. The summed E-state index contributed by atoms with van der Waals surface area (Å²) >= 11 is 0. The number of hydrogen-bond acceptors (Lipinski definition) is 8. The molecule has 10 heteroatoms. The van der Waals surface area contributed by atoms with Crippen LogP contribution in [0.1, 0.15) is 77.3 Å². The Balaban J connectivity index is 1.11. The summed E-state index contributed by atoms with van der Waals surface area (Å²) < 4.78 is 29.1. The number of anilines is 1. The molecule has 9 nitrogen and oxygen atoms in total. The van der Waals surface area contributed by atoms with Crippen molar-refractivity contribution in [3.63, 3.8) is 0 Å². The summed E-state index contributed by atoms with van der Waals surface area (Å²) in [6.07, 6.45) is 0.460. The molecule has 3 aromatic carbocycles. The van der Waals surface area contributed by atoms with Gasteiger partial charge in [0.15, 0.2) is 5.76 Å². The average molecular weight is 637 g/mol. The highest BCUT2D eigenvalue weighted by Gasteiger charge is 2.53. The van der Waals surface area contributed by atoms with E-state index < -0.39 is 35.9 Å². The lowest BCUT2D eigenvalue weighted by atomic mass is 9.78. The minimum absolute atomic E-state index is 0.144. The smallest absolute Gasteiger partial charge is 0.465 e. The minimum atomic E-state index is -0.626. The normalized spacial score (nSPS) is 18.0. The Kier molecular flexibility index (Phi) is 8.53. The molecule has 0 bridgehead atoms. The highest BCUT2D eigenvalue weighted by Crippen LogP contribution is 2.49. The highest BCUT2D eigenvalue weighted by molar-refractivity contribution is 6.62. The molecular weight excluding hydrogens is 595 g/mol. The monoisotopic (exact) mass is 636 g/mol. The number of carbonyl (C=O) groups excluding carboxylic acids is 2.